The van der Waals surface area contributed by atoms with Crippen LogP contribution in [-0.2, 0) is 0 Å². The summed E-state index contributed by atoms with van der Waals surface area (Å²) in [5.74, 6) is -0.976. The molecule has 0 aliphatic carbocycles. The van der Waals surface area contributed by atoms with E-state index >= 15 is 0 Å². The quantitative estimate of drug-likeness (QED) is 0.697. The first kappa shape index (κ1) is 7.72. The topological polar surface area (TPSA) is 67.5 Å². The zero-order valence-corrected chi connectivity index (χ0v) is 6.93. The highest BCUT2D eigenvalue weighted by molar-refractivity contribution is 5.95. The molecule has 2 heterocycles. The summed E-state index contributed by atoms with van der Waals surface area (Å²) < 4.78 is 1.44. The molecule has 66 valence electrons. The van der Waals surface area contributed by atoms with Crippen LogP contribution in [0.2, 0.25) is 0 Å². The van der Waals surface area contributed by atoms with Crippen LogP contribution in [0.25, 0.3) is 5.65 Å². The molecule has 5 nitrogen and oxygen atoms in total. The Hall–Kier alpha value is -1.91. The molecule has 0 aliphatic heterocycles. The van der Waals surface area contributed by atoms with Gasteiger partial charge in [0, 0.05) is 6.20 Å². The largest absolute Gasteiger partial charge is 0.478 e. The van der Waals surface area contributed by atoms with Crippen molar-refractivity contribution >= 4 is 11.6 Å². The molecule has 0 radical (unpaired) electrons. The Morgan fingerprint density at radius 3 is 3.08 bits per heavy atom. The molecule has 2 rings (SSSR count). The first-order valence-corrected chi connectivity index (χ1v) is 3.72. The van der Waals surface area contributed by atoms with Gasteiger partial charge in [0.2, 0.25) is 0 Å². The molecule has 0 atom stereocenters. The summed E-state index contributed by atoms with van der Waals surface area (Å²) >= 11 is 0. The van der Waals surface area contributed by atoms with Gasteiger partial charge in [-0.15, -0.1) is 0 Å². The molecular formula is C8H7N3O2. The number of hydrogen-bond acceptors (Lipinski definition) is 3. The minimum Gasteiger partial charge on any atom is -0.478 e. The number of carboxylic acids is 1. The lowest BCUT2D eigenvalue weighted by Gasteiger charge is -2.00. The van der Waals surface area contributed by atoms with Crippen molar-refractivity contribution in [3.05, 3.63) is 29.7 Å². The number of nitrogens with zero attached hydrogens (tertiary/aromatic N) is 3. The van der Waals surface area contributed by atoms with Crippen LogP contribution < -0.4 is 0 Å². The second kappa shape index (κ2) is 2.55. The molecule has 0 saturated heterocycles. The van der Waals surface area contributed by atoms with Crippen molar-refractivity contribution in [1.82, 2.24) is 14.6 Å². The fourth-order valence-corrected chi connectivity index (χ4v) is 1.24. The minimum atomic E-state index is -0.976. The van der Waals surface area contributed by atoms with E-state index in [2.05, 4.69) is 10.1 Å². The van der Waals surface area contributed by atoms with Crippen molar-refractivity contribution in [2.24, 2.45) is 0 Å². The van der Waals surface area contributed by atoms with Gasteiger partial charge in [-0.25, -0.2) is 14.3 Å². The Bertz CT molecular complexity index is 475. The molecule has 0 aliphatic rings. The van der Waals surface area contributed by atoms with Crippen molar-refractivity contribution in [2.45, 2.75) is 6.92 Å². The van der Waals surface area contributed by atoms with Gasteiger partial charge in [-0.1, -0.05) is 0 Å². The number of pyridine rings is 1. The minimum absolute atomic E-state index is 0.208. The fourth-order valence-electron chi connectivity index (χ4n) is 1.24. The lowest BCUT2D eigenvalue weighted by molar-refractivity contribution is 0.0697. The van der Waals surface area contributed by atoms with E-state index in [1.54, 1.807) is 19.2 Å². The highest BCUT2D eigenvalue weighted by Gasteiger charge is 2.13. The maximum Gasteiger partial charge on any atom is 0.339 e. The van der Waals surface area contributed by atoms with Crippen LogP contribution in [0.4, 0.5) is 0 Å². The molecule has 1 N–H and O–H groups in total. The van der Waals surface area contributed by atoms with Crippen LogP contribution in [0.5, 0.6) is 0 Å². The van der Waals surface area contributed by atoms with Gasteiger partial charge < -0.3 is 5.11 Å². The first-order chi connectivity index (χ1) is 6.20. The van der Waals surface area contributed by atoms with Crippen molar-refractivity contribution in [3.63, 3.8) is 0 Å². The van der Waals surface area contributed by atoms with Crippen molar-refractivity contribution < 1.29 is 9.90 Å². The Balaban J connectivity index is 2.88. The second-order valence-electron chi connectivity index (χ2n) is 2.71. The molecule has 13 heavy (non-hydrogen) atoms. The average molecular weight is 177 g/mol. The maximum absolute atomic E-state index is 10.9. The normalized spacial score (nSPS) is 10.5. The molecule has 5 heteroatoms. The summed E-state index contributed by atoms with van der Waals surface area (Å²) in [6, 6.07) is 1.70. The molecular weight excluding hydrogens is 170 g/mol. The molecule has 2 aromatic heterocycles. The highest BCUT2D eigenvalue weighted by atomic mass is 16.4. The van der Waals surface area contributed by atoms with Gasteiger partial charge in [0.25, 0.3) is 0 Å². The molecule has 0 bridgehead atoms. The van der Waals surface area contributed by atoms with E-state index in [0.29, 0.717) is 11.2 Å². The number of carbonyl (C=O) groups is 1. The highest BCUT2D eigenvalue weighted by Crippen LogP contribution is 2.12. The number of aryl methyl sites for hydroxylation is 1. The van der Waals surface area contributed by atoms with E-state index in [0.717, 1.165) is 0 Å². The average Bonchev–Trinajstić information content (AvgIpc) is 2.50. The summed E-state index contributed by atoms with van der Waals surface area (Å²) in [6.45, 7) is 1.73. The van der Waals surface area contributed by atoms with Crippen molar-refractivity contribution in [3.8, 4) is 0 Å². The van der Waals surface area contributed by atoms with Gasteiger partial charge in [-0.3, -0.25) is 0 Å². The third-order valence-corrected chi connectivity index (χ3v) is 1.87. The number of hydrogen-bond donors (Lipinski definition) is 1. The third kappa shape index (κ3) is 1.05. The van der Waals surface area contributed by atoms with Gasteiger partial charge in [-0.2, -0.15) is 5.10 Å². The molecule has 0 fully saturated rings. The maximum atomic E-state index is 10.9. The lowest BCUT2D eigenvalue weighted by Crippen LogP contribution is -2.04. The number of carboxylic acid groups (broad SMARTS) is 1. The predicted molar refractivity (Wildman–Crippen MR) is 44.7 cm³/mol. The Kier molecular flexibility index (Phi) is 1.51. The summed E-state index contributed by atoms with van der Waals surface area (Å²) in [5.41, 5.74) is 1.28. The van der Waals surface area contributed by atoms with E-state index < -0.39 is 5.97 Å². The standard InChI is InChI=1S/C8H7N3O2/c1-5-2-3-11-7(9-4-10-11)6(5)8(12)13/h2-4H,1H3,(H,12,13). The van der Waals surface area contributed by atoms with E-state index in [9.17, 15) is 4.79 Å². The molecule has 0 amide bonds. The molecule has 0 spiro atoms. The monoisotopic (exact) mass is 177 g/mol. The fraction of sp³-hybridized carbons (Fsp3) is 0.125. The summed E-state index contributed by atoms with van der Waals surface area (Å²) in [4.78, 5) is 14.7. The molecule has 0 saturated carbocycles. The van der Waals surface area contributed by atoms with Crippen LogP contribution in [0, 0.1) is 6.92 Å². The van der Waals surface area contributed by atoms with E-state index in [1.807, 2.05) is 0 Å². The van der Waals surface area contributed by atoms with Crippen molar-refractivity contribution in [1.29, 1.82) is 0 Å². The van der Waals surface area contributed by atoms with Crippen LogP contribution in [-0.4, -0.2) is 25.7 Å². The van der Waals surface area contributed by atoms with E-state index in [-0.39, 0.29) is 5.56 Å². The zero-order valence-electron chi connectivity index (χ0n) is 6.93. The summed E-state index contributed by atoms with van der Waals surface area (Å²) in [5, 5.41) is 12.7. The number of rotatable bonds is 1. The van der Waals surface area contributed by atoms with E-state index in [4.69, 9.17) is 5.11 Å². The van der Waals surface area contributed by atoms with Crippen LogP contribution in [0.15, 0.2) is 18.6 Å². The first-order valence-electron chi connectivity index (χ1n) is 3.72. The van der Waals surface area contributed by atoms with Gasteiger partial charge in [0.1, 0.15) is 11.9 Å². The van der Waals surface area contributed by atoms with Gasteiger partial charge >= 0.3 is 5.97 Å². The molecule has 0 unspecified atom stereocenters. The molecule has 2 aromatic rings. The smallest absolute Gasteiger partial charge is 0.339 e. The van der Waals surface area contributed by atoms with Crippen LogP contribution >= 0.6 is 0 Å². The Morgan fingerprint density at radius 1 is 1.62 bits per heavy atom. The number of aromatic nitrogens is 3. The summed E-state index contributed by atoms with van der Waals surface area (Å²) in [6.07, 6.45) is 3.02. The van der Waals surface area contributed by atoms with Gasteiger partial charge in [-0.05, 0) is 18.6 Å². The second-order valence-corrected chi connectivity index (χ2v) is 2.71. The van der Waals surface area contributed by atoms with Gasteiger partial charge in [0.05, 0.1) is 0 Å². The number of fused-ring (bicyclic) bond motifs is 1. The number of aromatic carboxylic acids is 1. The Morgan fingerprint density at radius 2 is 2.38 bits per heavy atom. The predicted octanol–water partition coefficient (Wildman–Crippen LogP) is 0.736. The van der Waals surface area contributed by atoms with Crippen molar-refractivity contribution in [2.75, 3.05) is 0 Å². The third-order valence-electron chi connectivity index (χ3n) is 1.87. The van der Waals surface area contributed by atoms with Crippen LogP contribution in [0.1, 0.15) is 15.9 Å². The Labute approximate surface area is 73.6 Å². The zero-order chi connectivity index (χ0) is 9.42. The van der Waals surface area contributed by atoms with Crippen LogP contribution in [0.3, 0.4) is 0 Å². The SMILES string of the molecule is Cc1ccn2ncnc2c1C(=O)O. The van der Waals surface area contributed by atoms with Gasteiger partial charge in [0.15, 0.2) is 5.65 Å². The van der Waals surface area contributed by atoms with E-state index in [1.165, 1.54) is 10.8 Å². The summed E-state index contributed by atoms with van der Waals surface area (Å²) in [7, 11) is 0. The lowest BCUT2D eigenvalue weighted by atomic mass is 10.1. The molecule has 0 aromatic carbocycles.